The first-order chi connectivity index (χ1) is 18.1. The maximum Gasteiger partial charge on any atom is 0.280 e. The standard InChI is InChI=1S/C27H35FN6O3S/c1-16-19(13-29)23(32-18-7-5-4-6-8-18)30-14-20(16)22-21(26(36)34-11-9-17(28)10-12-34)33-25(38-22)24(35)31-15-27(2,3)37/h14,17-18,37H,4-12,15H2,1-3H3,(H,30,32)(H,31,35). The Kier molecular flexibility index (Phi) is 8.63. The highest BCUT2D eigenvalue weighted by Gasteiger charge is 2.31. The van der Waals surface area contributed by atoms with Gasteiger partial charge >= 0.3 is 0 Å². The topological polar surface area (TPSA) is 131 Å². The minimum Gasteiger partial charge on any atom is -0.389 e. The number of carbonyl (C=O) groups is 2. The summed E-state index contributed by atoms with van der Waals surface area (Å²) in [6, 6.07) is 2.52. The van der Waals surface area contributed by atoms with Crippen molar-refractivity contribution in [2.75, 3.05) is 25.0 Å². The number of nitrogens with one attached hydrogen (secondary N) is 2. The van der Waals surface area contributed by atoms with Crippen molar-refractivity contribution in [1.29, 1.82) is 5.26 Å². The van der Waals surface area contributed by atoms with E-state index in [2.05, 4.69) is 26.7 Å². The van der Waals surface area contributed by atoms with Gasteiger partial charge < -0.3 is 20.6 Å². The van der Waals surface area contributed by atoms with Gasteiger partial charge in [-0.25, -0.2) is 14.4 Å². The van der Waals surface area contributed by atoms with Crippen molar-refractivity contribution < 1.29 is 19.1 Å². The van der Waals surface area contributed by atoms with Crippen LogP contribution in [0.4, 0.5) is 10.2 Å². The normalized spacial score (nSPS) is 17.2. The summed E-state index contributed by atoms with van der Waals surface area (Å²) >= 11 is 1.04. The van der Waals surface area contributed by atoms with Crippen LogP contribution < -0.4 is 10.6 Å². The monoisotopic (exact) mass is 542 g/mol. The van der Waals surface area contributed by atoms with Gasteiger partial charge in [-0.1, -0.05) is 19.3 Å². The lowest BCUT2D eigenvalue weighted by molar-refractivity contribution is 0.0660. The predicted octanol–water partition coefficient (Wildman–Crippen LogP) is 4.20. The summed E-state index contributed by atoms with van der Waals surface area (Å²) < 4.78 is 13.7. The number of alkyl halides is 1. The molecule has 0 atom stereocenters. The minimum atomic E-state index is -1.12. The van der Waals surface area contributed by atoms with E-state index in [1.54, 1.807) is 31.9 Å². The van der Waals surface area contributed by atoms with E-state index in [-0.39, 0.29) is 55.1 Å². The van der Waals surface area contributed by atoms with Crippen LogP contribution in [0.3, 0.4) is 0 Å². The van der Waals surface area contributed by atoms with E-state index in [0.29, 0.717) is 27.4 Å². The number of aromatic nitrogens is 2. The maximum absolute atomic E-state index is 13.7. The third-order valence-electron chi connectivity index (χ3n) is 7.06. The Morgan fingerprint density at radius 2 is 1.92 bits per heavy atom. The van der Waals surface area contributed by atoms with Crippen molar-refractivity contribution in [3.63, 3.8) is 0 Å². The van der Waals surface area contributed by atoms with Crippen molar-refractivity contribution in [2.24, 2.45) is 0 Å². The van der Waals surface area contributed by atoms with Gasteiger partial charge in [0.05, 0.1) is 16.0 Å². The number of hydrogen-bond donors (Lipinski definition) is 3. The molecule has 2 aromatic rings. The van der Waals surface area contributed by atoms with Crippen molar-refractivity contribution in [2.45, 2.75) is 83.5 Å². The number of likely N-dealkylation sites (tertiary alicyclic amines) is 1. The molecule has 0 unspecified atom stereocenters. The fourth-order valence-corrected chi connectivity index (χ4v) is 5.88. The average molecular weight is 543 g/mol. The predicted molar refractivity (Wildman–Crippen MR) is 144 cm³/mol. The van der Waals surface area contributed by atoms with Gasteiger partial charge in [-0.15, -0.1) is 11.3 Å². The fraction of sp³-hybridized carbons (Fsp3) is 0.593. The number of thiazole rings is 1. The molecule has 9 nitrogen and oxygen atoms in total. The molecular weight excluding hydrogens is 507 g/mol. The van der Waals surface area contributed by atoms with E-state index >= 15 is 0 Å². The molecule has 1 aliphatic carbocycles. The number of nitrogens with zero attached hydrogens (tertiary/aromatic N) is 4. The molecule has 4 rings (SSSR count). The highest BCUT2D eigenvalue weighted by Crippen LogP contribution is 2.36. The zero-order chi connectivity index (χ0) is 27.4. The second-order valence-corrected chi connectivity index (χ2v) is 11.8. The summed E-state index contributed by atoms with van der Waals surface area (Å²) in [4.78, 5) is 37.4. The van der Waals surface area contributed by atoms with E-state index in [1.807, 2.05) is 0 Å². The maximum atomic E-state index is 13.7. The van der Waals surface area contributed by atoms with Crippen molar-refractivity contribution in [3.05, 3.63) is 28.0 Å². The highest BCUT2D eigenvalue weighted by molar-refractivity contribution is 7.17. The first-order valence-corrected chi connectivity index (χ1v) is 14.0. The summed E-state index contributed by atoms with van der Waals surface area (Å²) in [6.07, 6.45) is 6.74. The largest absolute Gasteiger partial charge is 0.389 e. The fourth-order valence-electron chi connectivity index (χ4n) is 4.84. The number of halogens is 1. The second-order valence-electron chi connectivity index (χ2n) is 10.8. The quantitative estimate of drug-likeness (QED) is 0.478. The summed E-state index contributed by atoms with van der Waals surface area (Å²) in [6.45, 7) is 5.49. The van der Waals surface area contributed by atoms with Crippen LogP contribution in [0.5, 0.6) is 0 Å². The van der Waals surface area contributed by atoms with Crippen LogP contribution in [0, 0.1) is 18.3 Å². The van der Waals surface area contributed by atoms with E-state index in [0.717, 1.165) is 37.0 Å². The van der Waals surface area contributed by atoms with Crippen LogP contribution in [0.25, 0.3) is 10.4 Å². The molecule has 0 spiro atoms. The Bertz CT molecular complexity index is 1220. The number of anilines is 1. The van der Waals surface area contributed by atoms with Crippen LogP contribution in [-0.4, -0.2) is 69.2 Å². The van der Waals surface area contributed by atoms with Crippen LogP contribution in [-0.2, 0) is 0 Å². The first-order valence-electron chi connectivity index (χ1n) is 13.2. The van der Waals surface area contributed by atoms with Gasteiger partial charge in [0.15, 0.2) is 5.01 Å². The number of piperidine rings is 1. The molecule has 2 aromatic heterocycles. The zero-order valence-electron chi connectivity index (χ0n) is 22.1. The molecule has 1 saturated heterocycles. The van der Waals surface area contributed by atoms with Gasteiger partial charge in [0.25, 0.3) is 11.8 Å². The Morgan fingerprint density at radius 3 is 2.55 bits per heavy atom. The molecule has 1 saturated carbocycles. The molecule has 0 bridgehead atoms. The Morgan fingerprint density at radius 1 is 1.24 bits per heavy atom. The molecule has 11 heteroatoms. The molecule has 2 aliphatic rings. The zero-order valence-corrected chi connectivity index (χ0v) is 23.0. The number of rotatable bonds is 7. The summed E-state index contributed by atoms with van der Waals surface area (Å²) in [5.41, 5.74) is 0.561. The average Bonchev–Trinajstić information content (AvgIpc) is 3.33. The molecule has 2 fully saturated rings. The van der Waals surface area contributed by atoms with Crippen LogP contribution in [0.2, 0.25) is 0 Å². The summed E-state index contributed by atoms with van der Waals surface area (Å²) in [5, 5.41) is 26.1. The lowest BCUT2D eigenvalue weighted by Crippen LogP contribution is -2.39. The lowest BCUT2D eigenvalue weighted by atomic mass is 9.95. The number of amides is 2. The first kappa shape index (κ1) is 27.9. The Labute approximate surface area is 226 Å². The highest BCUT2D eigenvalue weighted by atomic mass is 32.1. The van der Waals surface area contributed by atoms with Crippen LogP contribution in [0.15, 0.2) is 6.20 Å². The van der Waals surface area contributed by atoms with Crippen molar-refractivity contribution in [1.82, 2.24) is 20.2 Å². The van der Waals surface area contributed by atoms with Gasteiger partial charge in [0.1, 0.15) is 23.8 Å². The van der Waals surface area contributed by atoms with Gasteiger partial charge in [-0.05, 0) is 52.0 Å². The number of nitriles is 1. The van der Waals surface area contributed by atoms with Gasteiger partial charge in [0.2, 0.25) is 0 Å². The van der Waals surface area contributed by atoms with Gasteiger partial charge in [-0.3, -0.25) is 9.59 Å². The summed E-state index contributed by atoms with van der Waals surface area (Å²) in [5.74, 6) is -0.375. The van der Waals surface area contributed by atoms with E-state index in [1.165, 1.54) is 6.42 Å². The summed E-state index contributed by atoms with van der Waals surface area (Å²) in [7, 11) is 0. The second kappa shape index (κ2) is 11.7. The molecule has 1 aliphatic heterocycles. The molecule has 0 radical (unpaired) electrons. The van der Waals surface area contributed by atoms with Gasteiger partial charge in [0, 0.05) is 37.4 Å². The molecule has 204 valence electrons. The molecule has 38 heavy (non-hydrogen) atoms. The number of hydrogen-bond acceptors (Lipinski definition) is 8. The molecule has 0 aromatic carbocycles. The van der Waals surface area contributed by atoms with E-state index in [4.69, 9.17) is 0 Å². The van der Waals surface area contributed by atoms with Crippen molar-refractivity contribution >= 4 is 29.0 Å². The minimum absolute atomic E-state index is 0.00867. The van der Waals surface area contributed by atoms with Gasteiger partial charge in [-0.2, -0.15) is 5.26 Å². The van der Waals surface area contributed by atoms with Crippen molar-refractivity contribution in [3.8, 4) is 16.5 Å². The third-order valence-corrected chi connectivity index (χ3v) is 8.15. The van der Waals surface area contributed by atoms with Crippen LogP contribution >= 0.6 is 11.3 Å². The number of aliphatic hydroxyl groups is 1. The van der Waals surface area contributed by atoms with E-state index < -0.39 is 17.7 Å². The molecule has 2 amide bonds. The van der Waals surface area contributed by atoms with E-state index in [9.17, 15) is 24.3 Å². The number of carbonyl (C=O) groups excluding carboxylic acids is 2. The SMILES string of the molecule is Cc1c(-c2sc(C(=O)NCC(C)(C)O)nc2C(=O)N2CCC(F)CC2)cnc(NC2CCCCC2)c1C#N. The Hall–Kier alpha value is -3.10. The third kappa shape index (κ3) is 6.48. The molecule has 3 N–H and O–H groups in total. The number of pyridine rings is 1. The molecular formula is C27H35FN6O3S. The smallest absolute Gasteiger partial charge is 0.280 e. The lowest BCUT2D eigenvalue weighted by Gasteiger charge is -2.28. The Balaban J connectivity index is 1.71. The molecule has 3 heterocycles. The van der Waals surface area contributed by atoms with Crippen LogP contribution in [0.1, 0.15) is 90.2 Å².